The van der Waals surface area contributed by atoms with Crippen LogP contribution in [0.2, 0.25) is 0 Å². The fraction of sp³-hybridized carbons (Fsp3) is 0.167. The topological polar surface area (TPSA) is 85.8 Å². The van der Waals surface area contributed by atoms with E-state index < -0.39 is 0 Å². The lowest BCUT2D eigenvalue weighted by molar-refractivity contribution is -0.111. The Balaban J connectivity index is 1.64. The van der Waals surface area contributed by atoms with Gasteiger partial charge >= 0.3 is 0 Å². The van der Waals surface area contributed by atoms with E-state index in [4.69, 9.17) is 4.42 Å². The fourth-order valence-corrected chi connectivity index (χ4v) is 3.18. The Labute approximate surface area is 180 Å². The van der Waals surface area contributed by atoms with Gasteiger partial charge in [-0.1, -0.05) is 55.8 Å². The molecule has 156 valence electrons. The number of carbonyl (C=O) groups excluding carboxylic acids is 1. The highest BCUT2D eigenvalue weighted by atomic mass is 16.3. The summed E-state index contributed by atoms with van der Waals surface area (Å²) in [6.45, 7) is 2.17. The van der Waals surface area contributed by atoms with Gasteiger partial charge in [0, 0.05) is 17.3 Å². The number of rotatable bonds is 8. The minimum Gasteiger partial charge on any atom is -0.465 e. The lowest BCUT2D eigenvalue weighted by atomic mass is 10.1. The van der Waals surface area contributed by atoms with Gasteiger partial charge in [0.25, 0.3) is 5.91 Å². The first-order chi connectivity index (χ1) is 15.2. The predicted molar refractivity (Wildman–Crippen MR) is 120 cm³/mol. The number of furan rings is 1. The highest BCUT2D eigenvalue weighted by Crippen LogP contribution is 2.22. The Kier molecular flexibility index (Phi) is 6.32. The van der Waals surface area contributed by atoms with Crippen LogP contribution in [0.25, 0.3) is 23.2 Å². The summed E-state index contributed by atoms with van der Waals surface area (Å²) in [4.78, 5) is 13.2. The molecule has 0 atom stereocenters. The van der Waals surface area contributed by atoms with E-state index in [0.717, 1.165) is 24.8 Å². The van der Waals surface area contributed by atoms with E-state index in [1.165, 1.54) is 10.2 Å². The molecular formula is C24H23N5O2. The van der Waals surface area contributed by atoms with Crippen LogP contribution in [0.4, 0.5) is 5.69 Å². The number of unbranched alkanes of at least 4 members (excludes halogenated alkanes) is 1. The fourth-order valence-electron chi connectivity index (χ4n) is 3.18. The summed E-state index contributed by atoms with van der Waals surface area (Å²) in [6, 6.07) is 20.9. The Morgan fingerprint density at radius 2 is 1.87 bits per heavy atom. The van der Waals surface area contributed by atoms with E-state index in [9.17, 15) is 4.79 Å². The molecule has 31 heavy (non-hydrogen) atoms. The lowest BCUT2D eigenvalue weighted by Crippen LogP contribution is -2.19. The molecule has 0 spiro atoms. The normalized spacial score (nSPS) is 11.5. The van der Waals surface area contributed by atoms with Crippen LogP contribution in [0.15, 0.2) is 77.4 Å². The van der Waals surface area contributed by atoms with Crippen LogP contribution in [0, 0.1) is 0 Å². The van der Waals surface area contributed by atoms with Crippen molar-refractivity contribution in [2.45, 2.75) is 26.2 Å². The number of benzene rings is 2. The third kappa shape index (κ3) is 4.95. The molecule has 0 saturated heterocycles. The second-order valence-corrected chi connectivity index (χ2v) is 7.08. The minimum atomic E-state index is -0.345. The predicted octanol–water partition coefficient (Wildman–Crippen LogP) is 4.91. The Hall–Kier alpha value is -4.00. The highest BCUT2D eigenvalue weighted by molar-refractivity contribution is 6.24. The average Bonchev–Trinajstić information content (AvgIpc) is 3.49. The monoisotopic (exact) mass is 413 g/mol. The van der Waals surface area contributed by atoms with Crippen molar-refractivity contribution in [3.05, 3.63) is 84.3 Å². The highest BCUT2D eigenvalue weighted by Gasteiger charge is 2.20. The Morgan fingerprint density at radius 3 is 2.58 bits per heavy atom. The maximum Gasteiger partial charge on any atom is 0.274 e. The van der Waals surface area contributed by atoms with Crippen molar-refractivity contribution in [2.24, 2.45) is 0 Å². The molecular weight excluding hydrogens is 390 g/mol. The number of aryl methyl sites for hydroxylation is 1. The largest absolute Gasteiger partial charge is 0.465 e. The molecule has 7 nitrogen and oxygen atoms in total. The van der Waals surface area contributed by atoms with Crippen LogP contribution in [-0.2, 0) is 11.2 Å². The van der Waals surface area contributed by atoms with E-state index in [-0.39, 0.29) is 11.6 Å². The van der Waals surface area contributed by atoms with Gasteiger partial charge in [-0.2, -0.15) is 4.68 Å². The van der Waals surface area contributed by atoms with Crippen molar-refractivity contribution in [3.8, 4) is 11.4 Å². The van der Waals surface area contributed by atoms with Crippen molar-refractivity contribution in [2.75, 3.05) is 5.32 Å². The van der Waals surface area contributed by atoms with Gasteiger partial charge in [0.05, 0.1) is 6.26 Å². The average molecular weight is 413 g/mol. The number of tetrazole rings is 1. The lowest BCUT2D eigenvalue weighted by Gasteiger charge is -2.11. The molecule has 0 radical (unpaired) electrons. The number of hydrogen-bond acceptors (Lipinski definition) is 5. The summed E-state index contributed by atoms with van der Waals surface area (Å²) >= 11 is 0. The standard InChI is InChI=1S/C24H23N5O2/c1-2-3-8-18-12-14-20(15-13-18)25-24(30)22(17-21-11-7-16-31-21)29-23(26-27-28-29)19-9-5-4-6-10-19/h4-7,9-17H,2-3,8H2,1H3,(H,25,30). The van der Waals surface area contributed by atoms with Crippen LogP contribution in [0.3, 0.4) is 0 Å². The van der Waals surface area contributed by atoms with Gasteiger partial charge in [0.2, 0.25) is 0 Å². The molecule has 0 bridgehead atoms. The summed E-state index contributed by atoms with van der Waals surface area (Å²) < 4.78 is 6.84. The summed E-state index contributed by atoms with van der Waals surface area (Å²) in [6.07, 6.45) is 6.49. The maximum atomic E-state index is 13.2. The molecule has 4 rings (SSSR count). The third-order valence-corrected chi connectivity index (χ3v) is 4.82. The van der Waals surface area contributed by atoms with Gasteiger partial charge in [-0.05, 0) is 53.1 Å². The first kappa shape index (κ1) is 20.3. The van der Waals surface area contributed by atoms with Gasteiger partial charge in [0.15, 0.2) is 5.82 Å². The SMILES string of the molecule is CCCCc1ccc(NC(=O)C(=Cc2ccco2)n2nnnc2-c2ccccc2)cc1. The first-order valence-corrected chi connectivity index (χ1v) is 10.2. The number of hydrogen-bond donors (Lipinski definition) is 1. The first-order valence-electron chi connectivity index (χ1n) is 10.2. The molecule has 0 aliphatic rings. The zero-order valence-corrected chi connectivity index (χ0v) is 17.2. The quantitative estimate of drug-likeness (QED) is 0.415. The van der Waals surface area contributed by atoms with Gasteiger partial charge in [-0.3, -0.25) is 4.79 Å². The van der Waals surface area contributed by atoms with E-state index in [1.54, 1.807) is 24.5 Å². The number of anilines is 1. The molecule has 0 aliphatic carbocycles. The summed E-state index contributed by atoms with van der Waals surface area (Å²) in [7, 11) is 0. The van der Waals surface area contributed by atoms with Crippen LogP contribution in [0.5, 0.6) is 0 Å². The summed E-state index contributed by atoms with van der Waals surface area (Å²) in [5.74, 6) is 0.639. The smallest absolute Gasteiger partial charge is 0.274 e. The van der Waals surface area contributed by atoms with Gasteiger partial charge in [-0.25, -0.2) is 0 Å². The zero-order chi connectivity index (χ0) is 21.5. The van der Waals surface area contributed by atoms with Gasteiger partial charge < -0.3 is 9.73 Å². The van der Waals surface area contributed by atoms with Gasteiger partial charge in [0.1, 0.15) is 11.5 Å². The summed E-state index contributed by atoms with van der Waals surface area (Å²) in [5.41, 5.74) is 2.99. The number of amides is 1. The molecule has 0 fully saturated rings. The van der Waals surface area contributed by atoms with E-state index in [1.807, 2.05) is 54.6 Å². The second kappa shape index (κ2) is 9.67. The van der Waals surface area contributed by atoms with Crippen LogP contribution in [0.1, 0.15) is 31.1 Å². The van der Waals surface area contributed by atoms with Crippen molar-refractivity contribution in [3.63, 3.8) is 0 Å². The molecule has 0 saturated carbocycles. The molecule has 7 heteroatoms. The molecule has 4 aromatic rings. The van der Waals surface area contributed by atoms with E-state index in [2.05, 4.69) is 27.8 Å². The molecule has 2 aromatic heterocycles. The van der Waals surface area contributed by atoms with Gasteiger partial charge in [-0.15, -0.1) is 5.10 Å². The third-order valence-electron chi connectivity index (χ3n) is 4.82. The number of nitrogens with zero attached hydrogens (tertiary/aromatic N) is 4. The molecule has 2 heterocycles. The van der Waals surface area contributed by atoms with Crippen LogP contribution < -0.4 is 5.32 Å². The number of nitrogens with one attached hydrogen (secondary N) is 1. The molecule has 1 N–H and O–H groups in total. The molecule has 0 aliphatic heterocycles. The Morgan fingerprint density at radius 1 is 1.06 bits per heavy atom. The van der Waals surface area contributed by atoms with E-state index >= 15 is 0 Å². The minimum absolute atomic E-state index is 0.244. The van der Waals surface area contributed by atoms with E-state index in [0.29, 0.717) is 17.3 Å². The molecule has 0 unspecified atom stereocenters. The van der Waals surface area contributed by atoms with Crippen molar-refractivity contribution in [1.82, 2.24) is 20.2 Å². The van der Waals surface area contributed by atoms with Crippen molar-refractivity contribution < 1.29 is 9.21 Å². The second-order valence-electron chi connectivity index (χ2n) is 7.08. The molecule has 2 aromatic carbocycles. The van der Waals surface area contributed by atoms with Crippen molar-refractivity contribution >= 4 is 23.4 Å². The molecule has 1 amide bonds. The van der Waals surface area contributed by atoms with Crippen molar-refractivity contribution in [1.29, 1.82) is 0 Å². The van der Waals surface area contributed by atoms with Crippen LogP contribution >= 0.6 is 0 Å². The Bertz CT molecular complexity index is 1150. The number of carbonyl (C=O) groups is 1. The zero-order valence-electron chi connectivity index (χ0n) is 17.2. The van der Waals surface area contributed by atoms with Crippen LogP contribution in [-0.4, -0.2) is 26.1 Å². The maximum absolute atomic E-state index is 13.2. The number of aromatic nitrogens is 4. The summed E-state index contributed by atoms with van der Waals surface area (Å²) in [5, 5.41) is 14.9.